The second-order valence-corrected chi connectivity index (χ2v) is 2.95. The predicted molar refractivity (Wildman–Crippen MR) is 50.2 cm³/mol. The molecule has 0 radical (unpaired) electrons. The monoisotopic (exact) mass is 152 g/mol. The third kappa shape index (κ3) is 1.97. The highest BCUT2D eigenvalue weighted by Crippen LogP contribution is 2.15. The number of hydrogen-bond acceptors (Lipinski definition) is 1. The van der Waals surface area contributed by atoms with Crippen LogP contribution in [0.25, 0.3) is 0 Å². The Morgan fingerprint density at radius 3 is 2.36 bits per heavy atom. The molecule has 0 N–H and O–H groups in total. The van der Waals surface area contributed by atoms with Crippen LogP contribution in [0, 0.1) is 13.8 Å². The molecule has 0 aliphatic rings. The second-order valence-electron chi connectivity index (χ2n) is 2.95. The van der Waals surface area contributed by atoms with Gasteiger partial charge in [-0.3, -0.25) is 0 Å². The first-order valence-corrected chi connectivity index (χ1v) is 3.60. The van der Waals surface area contributed by atoms with Crippen LogP contribution in [-0.4, -0.2) is 14.1 Å². The molecule has 0 atom stereocenters. The molecule has 0 saturated heterocycles. The lowest BCUT2D eigenvalue weighted by Crippen LogP contribution is -2.08. The lowest BCUT2D eigenvalue weighted by molar-refractivity contribution is 1.12. The maximum atomic E-state index is 7.32. The van der Waals surface area contributed by atoms with Gasteiger partial charge in [-0.25, -0.2) is 0 Å². The van der Waals surface area contributed by atoms with Crippen molar-refractivity contribution in [2.75, 3.05) is 19.0 Å². The SMILES string of the molecule is [2H]C([2H])([2H])c1cc(C)cc(N(C)C)c1. The van der Waals surface area contributed by atoms with E-state index in [1.807, 2.05) is 32.0 Å². The molecular weight excluding hydrogens is 134 g/mol. The maximum Gasteiger partial charge on any atom is 0.0366 e. The number of benzene rings is 1. The number of nitrogens with zero attached hydrogens (tertiary/aromatic N) is 1. The summed E-state index contributed by atoms with van der Waals surface area (Å²) in [4.78, 5) is 1.90. The van der Waals surface area contributed by atoms with E-state index in [0.717, 1.165) is 11.3 Å². The molecule has 1 rings (SSSR count). The molecule has 1 aromatic rings. The van der Waals surface area contributed by atoms with Crippen molar-refractivity contribution in [3.8, 4) is 0 Å². The van der Waals surface area contributed by atoms with E-state index in [9.17, 15) is 0 Å². The van der Waals surface area contributed by atoms with Crippen molar-refractivity contribution in [1.29, 1.82) is 0 Å². The van der Waals surface area contributed by atoms with Crippen molar-refractivity contribution < 1.29 is 4.11 Å². The van der Waals surface area contributed by atoms with Gasteiger partial charge in [0.05, 0.1) is 0 Å². The molecule has 0 heterocycles. The molecule has 0 aromatic heterocycles. The van der Waals surface area contributed by atoms with Gasteiger partial charge < -0.3 is 4.90 Å². The zero-order valence-electron chi connectivity index (χ0n) is 10.2. The van der Waals surface area contributed by atoms with Crippen molar-refractivity contribution in [2.45, 2.75) is 13.8 Å². The quantitative estimate of drug-likeness (QED) is 0.597. The van der Waals surface area contributed by atoms with Crippen LogP contribution < -0.4 is 4.90 Å². The van der Waals surface area contributed by atoms with Crippen molar-refractivity contribution in [2.24, 2.45) is 0 Å². The van der Waals surface area contributed by atoms with Gasteiger partial charge in [0.2, 0.25) is 0 Å². The Bertz CT molecular complexity index is 329. The number of anilines is 1. The Kier molecular flexibility index (Phi) is 1.29. The summed E-state index contributed by atoms with van der Waals surface area (Å²) in [5, 5.41) is 0. The van der Waals surface area contributed by atoms with Crippen molar-refractivity contribution in [3.63, 3.8) is 0 Å². The van der Waals surface area contributed by atoms with E-state index >= 15 is 0 Å². The maximum absolute atomic E-state index is 7.32. The number of rotatable bonds is 1. The zero-order valence-corrected chi connectivity index (χ0v) is 7.18. The van der Waals surface area contributed by atoms with Gasteiger partial charge in [0.1, 0.15) is 0 Å². The molecule has 1 nitrogen and oxygen atoms in total. The summed E-state index contributed by atoms with van der Waals surface area (Å²) in [7, 11) is 3.80. The first kappa shape index (κ1) is 4.81. The molecule has 0 saturated carbocycles. The highest BCUT2D eigenvalue weighted by molar-refractivity contribution is 5.49. The van der Waals surface area contributed by atoms with E-state index in [-0.39, 0.29) is 0 Å². The third-order valence-corrected chi connectivity index (χ3v) is 1.58. The van der Waals surface area contributed by atoms with Gasteiger partial charge in [0.15, 0.2) is 0 Å². The number of hydrogen-bond donors (Lipinski definition) is 0. The van der Waals surface area contributed by atoms with Crippen LogP contribution in [0.2, 0.25) is 0 Å². The highest BCUT2D eigenvalue weighted by atomic mass is 15.1. The summed E-state index contributed by atoms with van der Waals surface area (Å²) in [5.74, 6) is 0. The molecule has 60 valence electrons. The summed E-state index contributed by atoms with van der Waals surface area (Å²) in [6, 6.07) is 5.38. The van der Waals surface area contributed by atoms with Gasteiger partial charge >= 0.3 is 0 Å². The van der Waals surface area contributed by atoms with Gasteiger partial charge in [0.25, 0.3) is 0 Å². The predicted octanol–water partition coefficient (Wildman–Crippen LogP) is 2.37. The average Bonchev–Trinajstić information content (AvgIpc) is 2.01. The summed E-state index contributed by atoms with van der Waals surface area (Å²) < 4.78 is 22.0. The fourth-order valence-corrected chi connectivity index (χ4v) is 1.02. The molecule has 1 aromatic carbocycles. The summed E-state index contributed by atoms with van der Waals surface area (Å²) >= 11 is 0. The Labute approximate surface area is 72.9 Å². The topological polar surface area (TPSA) is 3.24 Å². The van der Waals surface area contributed by atoms with Crippen LogP contribution in [0.15, 0.2) is 18.2 Å². The summed E-state index contributed by atoms with van der Waals surface area (Å²) in [5.41, 5.74) is 2.31. The minimum absolute atomic E-state index is 0.404. The Morgan fingerprint density at radius 1 is 1.18 bits per heavy atom. The highest BCUT2D eigenvalue weighted by Gasteiger charge is 1.95. The van der Waals surface area contributed by atoms with Crippen LogP contribution >= 0.6 is 0 Å². The molecule has 0 spiro atoms. The van der Waals surface area contributed by atoms with Gasteiger partial charge in [-0.05, 0) is 37.0 Å². The first-order chi connectivity index (χ1) is 6.30. The normalized spacial score (nSPS) is 15.0. The van der Waals surface area contributed by atoms with Crippen molar-refractivity contribution >= 4 is 5.69 Å². The van der Waals surface area contributed by atoms with Crippen LogP contribution in [-0.2, 0) is 0 Å². The average molecular weight is 152 g/mol. The summed E-state index contributed by atoms with van der Waals surface area (Å²) in [6.07, 6.45) is 0. The van der Waals surface area contributed by atoms with Crippen LogP contribution in [0.4, 0.5) is 5.69 Å². The minimum Gasteiger partial charge on any atom is -0.378 e. The first-order valence-electron chi connectivity index (χ1n) is 5.10. The van der Waals surface area contributed by atoms with Crippen molar-refractivity contribution in [1.82, 2.24) is 0 Å². The van der Waals surface area contributed by atoms with E-state index in [1.165, 1.54) is 0 Å². The standard InChI is InChI=1S/C10H15N/c1-8-5-9(2)7-10(6-8)11(3)4/h5-7H,1-4H3/i1D3. The van der Waals surface area contributed by atoms with E-state index in [2.05, 4.69) is 0 Å². The van der Waals surface area contributed by atoms with E-state index in [0.29, 0.717) is 5.56 Å². The molecule has 0 fully saturated rings. The Morgan fingerprint density at radius 2 is 1.82 bits per heavy atom. The molecule has 1 heteroatoms. The minimum atomic E-state index is -2.02. The molecule has 0 unspecified atom stereocenters. The van der Waals surface area contributed by atoms with Crippen LogP contribution in [0.3, 0.4) is 0 Å². The van der Waals surface area contributed by atoms with E-state index in [4.69, 9.17) is 4.11 Å². The van der Waals surface area contributed by atoms with Gasteiger partial charge in [0, 0.05) is 23.9 Å². The second kappa shape index (κ2) is 2.95. The summed E-state index contributed by atoms with van der Waals surface area (Å²) in [6.45, 7) is -0.112. The molecular formula is C10H15N. The van der Waals surface area contributed by atoms with Crippen LogP contribution in [0.5, 0.6) is 0 Å². The Balaban J connectivity index is 3.21. The van der Waals surface area contributed by atoms with Gasteiger partial charge in [-0.1, -0.05) is 6.07 Å². The van der Waals surface area contributed by atoms with Gasteiger partial charge in [-0.2, -0.15) is 0 Å². The fourth-order valence-electron chi connectivity index (χ4n) is 1.02. The Hall–Kier alpha value is -0.980. The molecule has 0 aliphatic carbocycles. The lowest BCUT2D eigenvalue weighted by Gasteiger charge is -2.13. The van der Waals surface area contributed by atoms with E-state index < -0.39 is 6.85 Å². The molecule has 0 aliphatic heterocycles. The third-order valence-electron chi connectivity index (χ3n) is 1.58. The molecule has 0 bridgehead atoms. The number of aryl methyl sites for hydroxylation is 2. The lowest BCUT2D eigenvalue weighted by atomic mass is 10.1. The zero-order chi connectivity index (χ0) is 10.9. The van der Waals surface area contributed by atoms with Gasteiger partial charge in [-0.15, -0.1) is 0 Å². The fraction of sp³-hybridized carbons (Fsp3) is 0.400. The molecule has 0 amide bonds. The largest absolute Gasteiger partial charge is 0.378 e. The van der Waals surface area contributed by atoms with Crippen LogP contribution in [0.1, 0.15) is 15.2 Å². The molecule has 11 heavy (non-hydrogen) atoms. The van der Waals surface area contributed by atoms with Crippen molar-refractivity contribution in [3.05, 3.63) is 29.3 Å². The smallest absolute Gasteiger partial charge is 0.0366 e. The van der Waals surface area contributed by atoms with E-state index in [1.54, 1.807) is 12.1 Å².